The first-order valence-electron chi connectivity index (χ1n) is 7.47. The Hall–Kier alpha value is -1.88. The fraction of sp³-hybridized carbons (Fsp3) is 0.500. The largest absolute Gasteiger partial charge is 0.493 e. The number of rotatable bonds is 2. The molecule has 2 aliphatic heterocycles. The molecule has 0 saturated carbocycles. The molecule has 2 heterocycles. The van der Waals surface area contributed by atoms with Crippen LogP contribution in [0.25, 0.3) is 0 Å². The van der Waals surface area contributed by atoms with Gasteiger partial charge in [0.25, 0.3) is 0 Å². The third-order valence-electron chi connectivity index (χ3n) is 4.14. The second-order valence-electron chi connectivity index (χ2n) is 5.71. The molecule has 1 fully saturated rings. The molecule has 0 aromatic heterocycles. The smallest absolute Gasteiger partial charge is 0.243 e. The van der Waals surface area contributed by atoms with Crippen molar-refractivity contribution in [3.8, 4) is 5.75 Å². The Labute approximate surface area is 124 Å². The number of nitrogens with one attached hydrogen (secondary N) is 2. The van der Waals surface area contributed by atoms with Crippen molar-refractivity contribution in [2.45, 2.75) is 44.7 Å². The van der Waals surface area contributed by atoms with E-state index < -0.39 is 0 Å². The molecule has 1 saturated heterocycles. The first kappa shape index (κ1) is 14.1. The number of piperidine rings is 1. The normalized spacial score (nSPS) is 25.6. The molecule has 2 unspecified atom stereocenters. The summed E-state index contributed by atoms with van der Waals surface area (Å²) in [6.45, 7) is 2.73. The maximum Gasteiger partial charge on any atom is 0.243 e. The zero-order chi connectivity index (χ0) is 14.8. The van der Waals surface area contributed by atoms with E-state index in [1.165, 1.54) is 0 Å². The van der Waals surface area contributed by atoms with Gasteiger partial charge in [0.05, 0.1) is 12.6 Å². The summed E-state index contributed by atoms with van der Waals surface area (Å²) in [7, 11) is 0. The van der Waals surface area contributed by atoms with E-state index in [1.54, 1.807) is 0 Å². The van der Waals surface area contributed by atoms with Crippen LogP contribution in [-0.2, 0) is 9.59 Å². The van der Waals surface area contributed by atoms with E-state index in [1.807, 2.05) is 19.1 Å². The standard InChI is InChI=1S/C16H20N2O3/c1-10-4-2-5-11-12(6-3-9-21-15(10)11)17-13-7-8-14(19)18-16(13)20/h2,4-5,12-13,17H,3,6-9H2,1H3,(H,18,19,20). The van der Waals surface area contributed by atoms with Gasteiger partial charge in [0.1, 0.15) is 5.75 Å². The second kappa shape index (κ2) is 5.85. The fourth-order valence-corrected chi connectivity index (χ4v) is 3.03. The Morgan fingerprint density at radius 3 is 2.90 bits per heavy atom. The molecule has 2 aliphatic rings. The summed E-state index contributed by atoms with van der Waals surface area (Å²) in [4.78, 5) is 23.1. The van der Waals surface area contributed by atoms with Gasteiger partial charge in [-0.2, -0.15) is 0 Å². The highest BCUT2D eigenvalue weighted by Crippen LogP contribution is 2.34. The van der Waals surface area contributed by atoms with Crippen LogP contribution in [0.3, 0.4) is 0 Å². The minimum Gasteiger partial charge on any atom is -0.493 e. The number of para-hydroxylation sites is 1. The van der Waals surface area contributed by atoms with E-state index in [2.05, 4.69) is 16.7 Å². The van der Waals surface area contributed by atoms with E-state index in [0.29, 0.717) is 19.4 Å². The lowest BCUT2D eigenvalue weighted by atomic mass is 9.97. The number of hydrogen-bond donors (Lipinski definition) is 2. The van der Waals surface area contributed by atoms with E-state index in [9.17, 15) is 9.59 Å². The Balaban J connectivity index is 1.81. The number of amides is 2. The molecule has 0 aliphatic carbocycles. The Kier molecular flexibility index (Phi) is 3.92. The number of ether oxygens (including phenoxy) is 1. The van der Waals surface area contributed by atoms with Gasteiger partial charge in [-0.3, -0.25) is 20.2 Å². The van der Waals surface area contributed by atoms with Crippen LogP contribution in [0.1, 0.15) is 42.9 Å². The monoisotopic (exact) mass is 288 g/mol. The van der Waals surface area contributed by atoms with Crippen LogP contribution < -0.4 is 15.4 Å². The summed E-state index contributed by atoms with van der Waals surface area (Å²) in [5, 5.41) is 5.81. The molecule has 3 rings (SSSR count). The summed E-state index contributed by atoms with van der Waals surface area (Å²) in [5.74, 6) is 0.531. The van der Waals surface area contributed by atoms with Gasteiger partial charge < -0.3 is 4.74 Å². The third kappa shape index (κ3) is 2.93. The van der Waals surface area contributed by atoms with E-state index in [4.69, 9.17) is 4.74 Å². The zero-order valence-electron chi connectivity index (χ0n) is 12.1. The molecule has 2 amide bonds. The molecule has 0 spiro atoms. The van der Waals surface area contributed by atoms with Gasteiger partial charge in [0, 0.05) is 18.0 Å². The maximum absolute atomic E-state index is 11.9. The SMILES string of the molecule is Cc1cccc2c1OCCCC2NC1CCC(=O)NC1=O. The lowest BCUT2D eigenvalue weighted by molar-refractivity contribution is -0.134. The molecule has 5 heteroatoms. The van der Waals surface area contributed by atoms with Crippen LogP contribution in [0.15, 0.2) is 18.2 Å². The number of hydrogen-bond acceptors (Lipinski definition) is 4. The fourth-order valence-electron chi connectivity index (χ4n) is 3.03. The number of aryl methyl sites for hydroxylation is 1. The molecule has 112 valence electrons. The maximum atomic E-state index is 11.9. The second-order valence-corrected chi connectivity index (χ2v) is 5.71. The van der Waals surface area contributed by atoms with Crippen molar-refractivity contribution in [1.29, 1.82) is 0 Å². The van der Waals surface area contributed by atoms with Crippen molar-refractivity contribution in [2.24, 2.45) is 0 Å². The molecule has 1 aromatic rings. The van der Waals surface area contributed by atoms with E-state index >= 15 is 0 Å². The van der Waals surface area contributed by atoms with E-state index in [-0.39, 0.29) is 23.9 Å². The highest BCUT2D eigenvalue weighted by atomic mass is 16.5. The molecular weight excluding hydrogens is 268 g/mol. The molecule has 5 nitrogen and oxygen atoms in total. The van der Waals surface area contributed by atoms with Crippen molar-refractivity contribution in [3.63, 3.8) is 0 Å². The molecular formula is C16H20N2O3. The predicted molar refractivity (Wildman–Crippen MR) is 78.0 cm³/mol. The molecule has 0 radical (unpaired) electrons. The lowest BCUT2D eigenvalue weighted by Gasteiger charge is -2.27. The van der Waals surface area contributed by atoms with Crippen LogP contribution >= 0.6 is 0 Å². The van der Waals surface area contributed by atoms with Gasteiger partial charge in [-0.1, -0.05) is 18.2 Å². The topological polar surface area (TPSA) is 67.4 Å². The van der Waals surface area contributed by atoms with Crippen molar-refractivity contribution >= 4 is 11.8 Å². The zero-order valence-corrected chi connectivity index (χ0v) is 12.1. The summed E-state index contributed by atoms with van der Waals surface area (Å²) in [6.07, 6.45) is 2.82. The van der Waals surface area contributed by atoms with Crippen LogP contribution in [0.5, 0.6) is 5.75 Å². The summed E-state index contributed by atoms with van der Waals surface area (Å²) >= 11 is 0. The average Bonchev–Trinajstić information content (AvgIpc) is 2.66. The Bertz CT molecular complexity index is 571. The minimum absolute atomic E-state index is 0.0892. The van der Waals surface area contributed by atoms with Crippen LogP contribution in [0.4, 0.5) is 0 Å². The first-order chi connectivity index (χ1) is 10.1. The highest BCUT2D eigenvalue weighted by Gasteiger charge is 2.30. The molecule has 2 N–H and O–H groups in total. The third-order valence-corrected chi connectivity index (χ3v) is 4.14. The van der Waals surface area contributed by atoms with Gasteiger partial charge in [0.2, 0.25) is 11.8 Å². The number of carbonyl (C=O) groups excluding carboxylic acids is 2. The number of carbonyl (C=O) groups is 2. The van der Waals surface area contributed by atoms with Crippen LogP contribution in [0, 0.1) is 6.92 Å². The van der Waals surface area contributed by atoms with Gasteiger partial charge in [-0.15, -0.1) is 0 Å². The lowest BCUT2D eigenvalue weighted by Crippen LogP contribution is -2.51. The Morgan fingerprint density at radius 1 is 1.24 bits per heavy atom. The molecule has 1 aromatic carbocycles. The molecule has 0 bridgehead atoms. The van der Waals surface area contributed by atoms with Crippen molar-refractivity contribution in [3.05, 3.63) is 29.3 Å². The van der Waals surface area contributed by atoms with Gasteiger partial charge >= 0.3 is 0 Å². The first-order valence-corrected chi connectivity index (χ1v) is 7.47. The molecule has 2 atom stereocenters. The van der Waals surface area contributed by atoms with Crippen molar-refractivity contribution < 1.29 is 14.3 Å². The number of imide groups is 1. The van der Waals surface area contributed by atoms with Crippen molar-refractivity contribution in [1.82, 2.24) is 10.6 Å². The molecule has 21 heavy (non-hydrogen) atoms. The van der Waals surface area contributed by atoms with Crippen LogP contribution in [0.2, 0.25) is 0 Å². The minimum atomic E-state index is -0.306. The summed E-state index contributed by atoms with van der Waals surface area (Å²) in [5.41, 5.74) is 2.22. The quantitative estimate of drug-likeness (QED) is 0.811. The van der Waals surface area contributed by atoms with Gasteiger partial charge in [-0.25, -0.2) is 0 Å². The Morgan fingerprint density at radius 2 is 2.10 bits per heavy atom. The average molecular weight is 288 g/mol. The number of benzene rings is 1. The van der Waals surface area contributed by atoms with Gasteiger partial charge in [0.15, 0.2) is 0 Å². The van der Waals surface area contributed by atoms with Crippen molar-refractivity contribution in [2.75, 3.05) is 6.61 Å². The van der Waals surface area contributed by atoms with Gasteiger partial charge in [-0.05, 0) is 31.7 Å². The summed E-state index contributed by atoms with van der Waals surface area (Å²) < 4.78 is 5.85. The van der Waals surface area contributed by atoms with E-state index in [0.717, 1.165) is 29.7 Å². The predicted octanol–water partition coefficient (Wildman–Crippen LogP) is 1.60. The summed E-state index contributed by atoms with van der Waals surface area (Å²) in [6, 6.07) is 5.89. The highest BCUT2D eigenvalue weighted by molar-refractivity contribution is 6.00. The number of fused-ring (bicyclic) bond motifs is 1. The van der Waals surface area contributed by atoms with Crippen LogP contribution in [-0.4, -0.2) is 24.5 Å².